The van der Waals surface area contributed by atoms with Crippen LogP contribution in [0.4, 0.5) is 4.39 Å². The minimum absolute atomic E-state index is 0.0112. The Balaban J connectivity index is 1.46. The third kappa shape index (κ3) is 2.60. The number of benzene rings is 2. The lowest BCUT2D eigenvalue weighted by Gasteiger charge is -2.17. The number of hydrogen-bond donors (Lipinski definition) is 0. The molecule has 0 atom stereocenters. The number of rotatable bonds is 3. The van der Waals surface area contributed by atoms with Gasteiger partial charge in [0, 0.05) is 32.3 Å². The van der Waals surface area contributed by atoms with Gasteiger partial charge >= 0.3 is 0 Å². The molecule has 0 saturated carbocycles. The summed E-state index contributed by atoms with van der Waals surface area (Å²) in [4.78, 5) is 27.5. The summed E-state index contributed by atoms with van der Waals surface area (Å²) in [5, 5.41) is 0. The summed E-state index contributed by atoms with van der Waals surface area (Å²) >= 11 is 0. The van der Waals surface area contributed by atoms with Crippen LogP contribution in [-0.2, 0) is 24.4 Å². The average molecular weight is 375 g/mol. The van der Waals surface area contributed by atoms with Crippen molar-refractivity contribution in [1.29, 1.82) is 0 Å². The third-order valence-corrected chi connectivity index (χ3v) is 5.44. The second-order valence-corrected chi connectivity index (χ2v) is 7.12. The predicted molar refractivity (Wildman–Crippen MR) is 104 cm³/mol. The number of hydrogen-bond acceptors (Lipinski definition) is 2. The summed E-state index contributed by atoms with van der Waals surface area (Å²) in [6, 6.07) is 15.9. The van der Waals surface area contributed by atoms with Gasteiger partial charge in [0.05, 0.1) is 11.0 Å². The summed E-state index contributed by atoms with van der Waals surface area (Å²) in [5.41, 5.74) is 3.85. The van der Waals surface area contributed by atoms with Crippen molar-refractivity contribution in [2.45, 2.75) is 26.1 Å². The van der Waals surface area contributed by atoms with Crippen LogP contribution >= 0.6 is 0 Å². The van der Waals surface area contributed by atoms with Crippen LogP contribution in [0.2, 0.25) is 0 Å². The second kappa shape index (κ2) is 6.34. The number of fused-ring (bicyclic) bond motifs is 4. The van der Waals surface area contributed by atoms with E-state index < -0.39 is 5.82 Å². The van der Waals surface area contributed by atoms with Gasteiger partial charge in [0.25, 0.3) is 5.56 Å². The molecule has 3 heterocycles. The van der Waals surface area contributed by atoms with Crippen molar-refractivity contribution < 1.29 is 9.18 Å². The zero-order valence-electron chi connectivity index (χ0n) is 15.1. The molecule has 2 aromatic heterocycles. The van der Waals surface area contributed by atoms with Gasteiger partial charge < -0.3 is 13.9 Å². The molecule has 0 aliphatic carbocycles. The predicted octanol–water partition coefficient (Wildman–Crippen LogP) is 3.33. The molecule has 4 aromatic rings. The van der Waals surface area contributed by atoms with Crippen LogP contribution in [0.25, 0.3) is 16.6 Å². The summed E-state index contributed by atoms with van der Waals surface area (Å²) in [6.07, 6.45) is 1.98. The fourth-order valence-corrected chi connectivity index (χ4v) is 4.03. The summed E-state index contributed by atoms with van der Waals surface area (Å²) in [7, 11) is 0. The monoisotopic (exact) mass is 375 g/mol. The fourth-order valence-electron chi connectivity index (χ4n) is 4.03. The van der Waals surface area contributed by atoms with Crippen molar-refractivity contribution in [3.8, 4) is 0 Å². The normalized spacial score (nSPS) is 13.4. The van der Waals surface area contributed by atoms with Crippen LogP contribution in [0.15, 0.2) is 65.6 Å². The first-order chi connectivity index (χ1) is 13.6. The zero-order chi connectivity index (χ0) is 19.3. The maximum Gasteiger partial charge on any atom is 0.275 e. The highest BCUT2D eigenvalue weighted by molar-refractivity contribution is 5.80. The Morgan fingerprint density at radius 1 is 0.929 bits per heavy atom. The molecular formula is C22H18FN3O2. The Morgan fingerprint density at radius 2 is 1.68 bits per heavy atom. The molecule has 0 spiro atoms. The number of aromatic nitrogens is 2. The third-order valence-electron chi connectivity index (χ3n) is 5.44. The Kier molecular flexibility index (Phi) is 3.79. The molecule has 1 amide bonds. The van der Waals surface area contributed by atoms with Crippen molar-refractivity contribution in [2.24, 2.45) is 0 Å². The number of nitrogens with zero attached hydrogens (tertiary/aromatic N) is 3. The van der Waals surface area contributed by atoms with Gasteiger partial charge in [0.1, 0.15) is 11.3 Å². The van der Waals surface area contributed by atoms with E-state index in [1.165, 1.54) is 16.7 Å². The van der Waals surface area contributed by atoms with E-state index in [2.05, 4.69) is 0 Å². The SMILES string of the molecule is O=C(CCn1c(=O)c2cccn2c2ccc(F)cc21)N1Cc2ccccc2C1. The first kappa shape index (κ1) is 16.7. The molecule has 1 aliphatic heterocycles. The number of carbonyl (C=O) groups is 1. The van der Waals surface area contributed by atoms with E-state index >= 15 is 0 Å². The van der Waals surface area contributed by atoms with Gasteiger partial charge in [-0.3, -0.25) is 9.59 Å². The van der Waals surface area contributed by atoms with Crippen LogP contribution in [0, 0.1) is 5.82 Å². The van der Waals surface area contributed by atoms with Crippen LogP contribution in [0.3, 0.4) is 0 Å². The molecule has 5 nitrogen and oxygen atoms in total. The lowest BCUT2D eigenvalue weighted by molar-refractivity contribution is -0.132. The van der Waals surface area contributed by atoms with Gasteiger partial charge in [-0.2, -0.15) is 0 Å². The molecule has 0 radical (unpaired) electrons. The molecule has 0 fully saturated rings. The van der Waals surface area contributed by atoms with Gasteiger partial charge in [0.2, 0.25) is 5.91 Å². The molecule has 0 saturated heterocycles. The van der Waals surface area contributed by atoms with E-state index in [0.29, 0.717) is 24.1 Å². The smallest absolute Gasteiger partial charge is 0.275 e. The highest BCUT2D eigenvalue weighted by atomic mass is 19.1. The number of carbonyl (C=O) groups excluding carboxylic acids is 1. The van der Waals surface area contributed by atoms with Crippen LogP contribution in [-0.4, -0.2) is 19.8 Å². The Morgan fingerprint density at radius 3 is 2.43 bits per heavy atom. The Bertz CT molecular complexity index is 1260. The second-order valence-electron chi connectivity index (χ2n) is 7.12. The highest BCUT2D eigenvalue weighted by Crippen LogP contribution is 2.23. The summed E-state index contributed by atoms with van der Waals surface area (Å²) in [5.74, 6) is -0.420. The van der Waals surface area contributed by atoms with Crippen LogP contribution < -0.4 is 5.56 Å². The van der Waals surface area contributed by atoms with E-state index in [9.17, 15) is 14.0 Å². The Labute approximate surface area is 160 Å². The zero-order valence-corrected chi connectivity index (χ0v) is 15.1. The molecule has 140 valence electrons. The van der Waals surface area contributed by atoms with Crippen molar-refractivity contribution in [1.82, 2.24) is 13.9 Å². The summed E-state index contributed by atoms with van der Waals surface area (Å²) < 4.78 is 17.1. The molecular weight excluding hydrogens is 357 g/mol. The van der Waals surface area contributed by atoms with E-state index in [0.717, 1.165) is 16.6 Å². The lowest BCUT2D eigenvalue weighted by Crippen LogP contribution is -2.29. The van der Waals surface area contributed by atoms with E-state index in [1.807, 2.05) is 24.3 Å². The van der Waals surface area contributed by atoms with Gasteiger partial charge in [-0.05, 0) is 41.5 Å². The number of amides is 1. The molecule has 6 heteroatoms. The lowest BCUT2D eigenvalue weighted by atomic mass is 10.1. The number of halogens is 1. The molecule has 28 heavy (non-hydrogen) atoms. The first-order valence-corrected chi connectivity index (χ1v) is 9.25. The van der Waals surface area contributed by atoms with Crippen molar-refractivity contribution in [3.63, 3.8) is 0 Å². The van der Waals surface area contributed by atoms with Gasteiger partial charge in [-0.15, -0.1) is 0 Å². The van der Waals surface area contributed by atoms with Crippen LogP contribution in [0.5, 0.6) is 0 Å². The maximum atomic E-state index is 13.9. The van der Waals surface area contributed by atoms with Gasteiger partial charge in [0.15, 0.2) is 0 Å². The van der Waals surface area contributed by atoms with E-state index in [4.69, 9.17) is 0 Å². The van der Waals surface area contributed by atoms with Crippen molar-refractivity contribution >= 4 is 22.5 Å². The fraction of sp³-hybridized carbons (Fsp3) is 0.182. The minimum Gasteiger partial charge on any atom is -0.334 e. The Hall–Kier alpha value is -3.41. The highest BCUT2D eigenvalue weighted by Gasteiger charge is 2.23. The van der Waals surface area contributed by atoms with E-state index in [-0.39, 0.29) is 24.4 Å². The number of aryl methyl sites for hydroxylation is 1. The molecule has 0 unspecified atom stereocenters. The van der Waals surface area contributed by atoms with E-state index in [1.54, 1.807) is 33.7 Å². The average Bonchev–Trinajstić information content (AvgIpc) is 3.35. The van der Waals surface area contributed by atoms with Gasteiger partial charge in [-0.25, -0.2) is 4.39 Å². The first-order valence-electron chi connectivity index (χ1n) is 9.25. The standard InChI is InChI=1S/C22H18FN3O2/c23-17-7-8-18-20(12-17)26(22(28)19-6-3-10-25(18)19)11-9-21(27)24-13-15-4-1-2-5-16(15)14-24/h1-8,10,12H,9,11,13-14H2. The molecule has 0 N–H and O–H groups in total. The molecule has 5 rings (SSSR count). The maximum absolute atomic E-state index is 13.9. The van der Waals surface area contributed by atoms with Crippen molar-refractivity contribution in [2.75, 3.05) is 0 Å². The minimum atomic E-state index is -0.409. The summed E-state index contributed by atoms with van der Waals surface area (Å²) in [6.45, 7) is 1.40. The van der Waals surface area contributed by atoms with Crippen LogP contribution in [0.1, 0.15) is 17.5 Å². The van der Waals surface area contributed by atoms with Gasteiger partial charge in [-0.1, -0.05) is 24.3 Å². The molecule has 2 aromatic carbocycles. The quantitative estimate of drug-likeness (QED) is 0.551. The topological polar surface area (TPSA) is 46.7 Å². The molecule has 0 bridgehead atoms. The largest absolute Gasteiger partial charge is 0.334 e. The van der Waals surface area contributed by atoms with Crippen molar-refractivity contribution in [3.05, 3.63) is 88.1 Å². The molecule has 1 aliphatic rings.